The van der Waals surface area contributed by atoms with E-state index in [2.05, 4.69) is 12.6 Å². The van der Waals surface area contributed by atoms with E-state index in [9.17, 15) is 9.90 Å². The lowest BCUT2D eigenvalue weighted by atomic mass is 10.2. The van der Waals surface area contributed by atoms with Crippen LogP contribution in [-0.2, 0) is 4.79 Å². The van der Waals surface area contributed by atoms with Gasteiger partial charge in [0.1, 0.15) is 5.75 Å². The fourth-order valence-electron chi connectivity index (χ4n) is 0.940. The van der Waals surface area contributed by atoms with Gasteiger partial charge < -0.3 is 9.84 Å². The van der Waals surface area contributed by atoms with Gasteiger partial charge in [0.05, 0.1) is 0 Å². The van der Waals surface area contributed by atoms with Crippen LogP contribution in [0.15, 0.2) is 17.0 Å². The van der Waals surface area contributed by atoms with Crippen LogP contribution in [0.1, 0.15) is 12.5 Å². The van der Waals surface area contributed by atoms with Crippen LogP contribution in [0.4, 0.5) is 0 Å². The SMILES string of the molecule is CC(=O)Oc1c(S)ccc(O)c1C. The van der Waals surface area contributed by atoms with E-state index in [0.29, 0.717) is 16.2 Å². The maximum absolute atomic E-state index is 10.7. The van der Waals surface area contributed by atoms with Crippen LogP contribution in [0.2, 0.25) is 0 Å². The lowest BCUT2D eigenvalue weighted by Gasteiger charge is -2.08. The molecule has 0 atom stereocenters. The van der Waals surface area contributed by atoms with Crippen molar-refractivity contribution in [1.82, 2.24) is 0 Å². The molecule has 0 amide bonds. The molecule has 0 spiro atoms. The number of thiol groups is 1. The van der Waals surface area contributed by atoms with Crippen molar-refractivity contribution in [1.29, 1.82) is 0 Å². The van der Waals surface area contributed by atoms with E-state index in [1.165, 1.54) is 13.0 Å². The van der Waals surface area contributed by atoms with Crippen molar-refractivity contribution in [2.45, 2.75) is 18.7 Å². The van der Waals surface area contributed by atoms with Crippen LogP contribution in [0.5, 0.6) is 11.5 Å². The molecule has 4 heteroatoms. The molecule has 0 heterocycles. The normalized spacial score (nSPS) is 9.77. The number of phenols is 1. The molecule has 0 fully saturated rings. The number of aromatic hydroxyl groups is 1. The molecule has 0 unspecified atom stereocenters. The number of phenolic OH excluding ortho intramolecular Hbond substituents is 1. The molecule has 1 rings (SSSR count). The first kappa shape index (κ1) is 9.92. The molecule has 0 aromatic heterocycles. The van der Waals surface area contributed by atoms with Crippen LogP contribution in [0, 0.1) is 6.92 Å². The third kappa shape index (κ3) is 2.15. The summed E-state index contributed by atoms with van der Waals surface area (Å²) in [6.45, 7) is 2.96. The Balaban J connectivity index is 3.17. The van der Waals surface area contributed by atoms with Crippen molar-refractivity contribution in [3.63, 3.8) is 0 Å². The molecule has 0 saturated carbocycles. The zero-order valence-corrected chi connectivity index (χ0v) is 8.26. The molecule has 0 aliphatic carbocycles. The first-order chi connectivity index (χ1) is 6.02. The molecule has 0 aliphatic rings. The number of hydrogen-bond donors (Lipinski definition) is 2. The maximum atomic E-state index is 10.7. The Morgan fingerprint density at radius 1 is 1.54 bits per heavy atom. The second-order valence-corrected chi connectivity index (χ2v) is 3.13. The Morgan fingerprint density at radius 2 is 2.15 bits per heavy atom. The fourth-order valence-corrected chi connectivity index (χ4v) is 1.23. The van der Waals surface area contributed by atoms with Gasteiger partial charge in [0.25, 0.3) is 0 Å². The van der Waals surface area contributed by atoms with E-state index in [1.807, 2.05) is 0 Å². The van der Waals surface area contributed by atoms with E-state index in [4.69, 9.17) is 4.74 Å². The summed E-state index contributed by atoms with van der Waals surface area (Å²) in [5, 5.41) is 9.31. The van der Waals surface area contributed by atoms with Crippen molar-refractivity contribution in [2.75, 3.05) is 0 Å². The Bertz CT molecular complexity index is 347. The standard InChI is InChI=1S/C9H10O3S/c1-5-7(11)3-4-8(13)9(5)12-6(2)10/h3-4,11,13H,1-2H3. The van der Waals surface area contributed by atoms with Gasteiger partial charge >= 0.3 is 5.97 Å². The minimum atomic E-state index is -0.427. The molecule has 3 nitrogen and oxygen atoms in total. The van der Waals surface area contributed by atoms with Gasteiger partial charge in [0, 0.05) is 17.4 Å². The highest BCUT2D eigenvalue weighted by molar-refractivity contribution is 7.80. The van der Waals surface area contributed by atoms with Gasteiger partial charge in [-0.3, -0.25) is 4.79 Å². The Morgan fingerprint density at radius 3 is 2.69 bits per heavy atom. The largest absolute Gasteiger partial charge is 0.508 e. The number of carbonyl (C=O) groups excluding carboxylic acids is 1. The lowest BCUT2D eigenvalue weighted by molar-refractivity contribution is -0.132. The van der Waals surface area contributed by atoms with Crippen molar-refractivity contribution in [3.8, 4) is 11.5 Å². The van der Waals surface area contributed by atoms with E-state index in [1.54, 1.807) is 13.0 Å². The number of esters is 1. The molecule has 1 aromatic carbocycles. The quantitative estimate of drug-likeness (QED) is 0.411. The van der Waals surface area contributed by atoms with Crippen LogP contribution in [0.25, 0.3) is 0 Å². The summed E-state index contributed by atoms with van der Waals surface area (Å²) >= 11 is 4.10. The topological polar surface area (TPSA) is 46.5 Å². The molecule has 0 bridgehead atoms. The molecule has 0 saturated heterocycles. The smallest absolute Gasteiger partial charge is 0.308 e. The summed E-state index contributed by atoms with van der Waals surface area (Å²) in [4.78, 5) is 11.2. The van der Waals surface area contributed by atoms with Gasteiger partial charge in [-0.25, -0.2) is 0 Å². The zero-order valence-electron chi connectivity index (χ0n) is 7.37. The number of hydrogen-bond acceptors (Lipinski definition) is 4. The van der Waals surface area contributed by atoms with E-state index < -0.39 is 5.97 Å². The van der Waals surface area contributed by atoms with Gasteiger partial charge in [-0.1, -0.05) is 0 Å². The fraction of sp³-hybridized carbons (Fsp3) is 0.222. The molecule has 13 heavy (non-hydrogen) atoms. The minimum Gasteiger partial charge on any atom is -0.508 e. The van der Waals surface area contributed by atoms with Gasteiger partial charge in [0.2, 0.25) is 0 Å². The van der Waals surface area contributed by atoms with E-state index in [0.717, 1.165) is 0 Å². The van der Waals surface area contributed by atoms with Gasteiger partial charge in [-0.05, 0) is 19.1 Å². The zero-order chi connectivity index (χ0) is 10.0. The summed E-state index contributed by atoms with van der Waals surface area (Å²) in [7, 11) is 0. The summed E-state index contributed by atoms with van der Waals surface area (Å²) < 4.78 is 4.88. The minimum absolute atomic E-state index is 0.0917. The van der Waals surface area contributed by atoms with Crippen LogP contribution < -0.4 is 4.74 Å². The Kier molecular flexibility index (Phi) is 2.83. The molecule has 1 N–H and O–H groups in total. The predicted octanol–water partition coefficient (Wildman–Crippen LogP) is 1.91. The third-order valence-electron chi connectivity index (χ3n) is 1.60. The highest BCUT2D eigenvalue weighted by atomic mass is 32.1. The second-order valence-electron chi connectivity index (χ2n) is 2.65. The average Bonchev–Trinajstić information content (AvgIpc) is 2.05. The van der Waals surface area contributed by atoms with Gasteiger partial charge in [-0.2, -0.15) is 0 Å². The lowest BCUT2D eigenvalue weighted by Crippen LogP contribution is -2.03. The maximum Gasteiger partial charge on any atom is 0.308 e. The van der Waals surface area contributed by atoms with E-state index >= 15 is 0 Å². The molecular formula is C9H10O3S. The first-order valence-electron chi connectivity index (χ1n) is 3.72. The molecule has 0 aliphatic heterocycles. The van der Waals surface area contributed by atoms with Crippen LogP contribution in [0.3, 0.4) is 0 Å². The second kappa shape index (κ2) is 3.70. The molecule has 70 valence electrons. The summed E-state index contributed by atoms with van der Waals surface area (Å²) in [6, 6.07) is 3.08. The summed E-state index contributed by atoms with van der Waals surface area (Å²) in [5.41, 5.74) is 0.516. The van der Waals surface area contributed by atoms with Gasteiger partial charge in [-0.15, -0.1) is 12.6 Å². The highest BCUT2D eigenvalue weighted by Gasteiger charge is 2.10. The first-order valence-corrected chi connectivity index (χ1v) is 4.17. The summed E-state index contributed by atoms with van der Waals surface area (Å²) in [5.74, 6) is -0.0196. The van der Waals surface area contributed by atoms with Crippen molar-refractivity contribution < 1.29 is 14.6 Å². The predicted molar refractivity (Wildman–Crippen MR) is 51.4 cm³/mol. The average molecular weight is 198 g/mol. The number of benzene rings is 1. The highest BCUT2D eigenvalue weighted by Crippen LogP contribution is 2.32. The van der Waals surface area contributed by atoms with Crippen molar-refractivity contribution in [3.05, 3.63) is 17.7 Å². The monoisotopic (exact) mass is 198 g/mol. The van der Waals surface area contributed by atoms with Crippen LogP contribution >= 0.6 is 12.6 Å². The number of carbonyl (C=O) groups is 1. The van der Waals surface area contributed by atoms with Gasteiger partial charge in [0.15, 0.2) is 5.75 Å². The van der Waals surface area contributed by atoms with Crippen molar-refractivity contribution >= 4 is 18.6 Å². The number of rotatable bonds is 1. The summed E-state index contributed by atoms with van der Waals surface area (Å²) in [6.07, 6.45) is 0. The van der Waals surface area contributed by atoms with Crippen LogP contribution in [-0.4, -0.2) is 11.1 Å². The number of ether oxygens (including phenoxy) is 1. The third-order valence-corrected chi connectivity index (χ3v) is 1.95. The molecule has 1 aromatic rings. The van der Waals surface area contributed by atoms with E-state index in [-0.39, 0.29) is 5.75 Å². The Labute approximate surface area is 81.8 Å². The van der Waals surface area contributed by atoms with Crippen molar-refractivity contribution in [2.24, 2.45) is 0 Å². The molecule has 0 radical (unpaired) electrons. The Hall–Kier alpha value is -1.16. The molecular weight excluding hydrogens is 188 g/mol.